The molecule has 82 valence electrons. The van der Waals surface area contributed by atoms with E-state index in [0.29, 0.717) is 5.54 Å². The number of hydrogen-bond donors (Lipinski definition) is 1. The molecule has 1 N–H and O–H groups in total. The second kappa shape index (κ2) is 4.19. The van der Waals surface area contributed by atoms with Crippen molar-refractivity contribution in [2.24, 2.45) is 0 Å². The Morgan fingerprint density at radius 2 is 2.00 bits per heavy atom. The maximum atomic E-state index is 3.77. The second-order valence-corrected chi connectivity index (χ2v) is 4.97. The van der Waals surface area contributed by atoms with Gasteiger partial charge in [0.15, 0.2) is 0 Å². The number of nitrogens with one attached hydrogen (secondary N) is 1. The highest BCUT2D eigenvalue weighted by atomic mass is 15.2. The molecule has 1 saturated heterocycles. The van der Waals surface area contributed by atoms with E-state index in [2.05, 4.69) is 24.1 Å². The first-order valence-electron chi connectivity index (χ1n) is 6.29. The van der Waals surface area contributed by atoms with Crippen LogP contribution in [0, 0.1) is 0 Å². The van der Waals surface area contributed by atoms with Crippen LogP contribution in [0.25, 0.3) is 0 Å². The quantitative estimate of drug-likeness (QED) is 0.743. The smallest absolute Gasteiger partial charge is 0.0303 e. The van der Waals surface area contributed by atoms with E-state index in [1.165, 1.54) is 51.7 Å². The molecule has 0 aromatic rings. The van der Waals surface area contributed by atoms with Gasteiger partial charge in [0.25, 0.3) is 0 Å². The van der Waals surface area contributed by atoms with Gasteiger partial charge in [0.1, 0.15) is 0 Å². The van der Waals surface area contributed by atoms with Crippen LogP contribution in [0.1, 0.15) is 46.0 Å². The molecular weight excluding hydrogens is 172 g/mol. The molecule has 2 aliphatic rings. The molecule has 0 atom stereocenters. The zero-order valence-electron chi connectivity index (χ0n) is 9.68. The molecule has 0 spiro atoms. The van der Waals surface area contributed by atoms with Crippen LogP contribution in [0.2, 0.25) is 0 Å². The lowest BCUT2D eigenvalue weighted by Crippen LogP contribution is -2.51. The van der Waals surface area contributed by atoms with Gasteiger partial charge in [-0.1, -0.05) is 13.8 Å². The fourth-order valence-electron chi connectivity index (χ4n) is 2.63. The molecule has 1 aliphatic heterocycles. The van der Waals surface area contributed by atoms with E-state index in [1.807, 2.05) is 0 Å². The van der Waals surface area contributed by atoms with Gasteiger partial charge in [-0.2, -0.15) is 0 Å². The topological polar surface area (TPSA) is 15.3 Å². The normalized spacial score (nSPS) is 28.7. The van der Waals surface area contributed by atoms with Gasteiger partial charge in [0.05, 0.1) is 0 Å². The van der Waals surface area contributed by atoms with Crippen LogP contribution in [0.3, 0.4) is 0 Å². The van der Waals surface area contributed by atoms with E-state index < -0.39 is 0 Å². The van der Waals surface area contributed by atoms with Gasteiger partial charge >= 0.3 is 0 Å². The van der Waals surface area contributed by atoms with E-state index >= 15 is 0 Å². The first-order chi connectivity index (χ1) is 6.79. The van der Waals surface area contributed by atoms with Crippen LogP contribution in [0.4, 0.5) is 0 Å². The molecule has 0 bridgehead atoms. The highest BCUT2D eigenvalue weighted by Crippen LogP contribution is 2.30. The predicted octanol–water partition coefficient (Wildman–Crippen LogP) is 2.00. The number of hydrogen-bond acceptors (Lipinski definition) is 2. The molecular formula is C12H24N2. The summed E-state index contributed by atoms with van der Waals surface area (Å²) in [7, 11) is 0. The average Bonchev–Trinajstić information content (AvgIpc) is 3.04. The standard InChI is InChI=1S/C12H24N2/c1-3-12(4-2)10-14(11-6-7-11)9-5-8-13-12/h11,13H,3-10H2,1-2H3. The summed E-state index contributed by atoms with van der Waals surface area (Å²) in [5, 5.41) is 3.77. The van der Waals surface area contributed by atoms with Crippen molar-refractivity contribution < 1.29 is 0 Å². The van der Waals surface area contributed by atoms with Crippen molar-refractivity contribution in [2.45, 2.75) is 57.5 Å². The van der Waals surface area contributed by atoms with Gasteiger partial charge < -0.3 is 5.32 Å². The molecule has 1 aliphatic carbocycles. The first-order valence-corrected chi connectivity index (χ1v) is 6.29. The molecule has 0 amide bonds. The summed E-state index contributed by atoms with van der Waals surface area (Å²) in [5.41, 5.74) is 0.416. The van der Waals surface area contributed by atoms with Crippen molar-refractivity contribution in [2.75, 3.05) is 19.6 Å². The van der Waals surface area contributed by atoms with Crippen molar-refractivity contribution in [3.05, 3.63) is 0 Å². The molecule has 14 heavy (non-hydrogen) atoms. The number of rotatable bonds is 3. The minimum atomic E-state index is 0.416. The maximum absolute atomic E-state index is 3.77. The monoisotopic (exact) mass is 196 g/mol. The van der Waals surface area contributed by atoms with Crippen molar-refractivity contribution in [1.82, 2.24) is 10.2 Å². The zero-order chi connectivity index (χ0) is 10.0. The summed E-state index contributed by atoms with van der Waals surface area (Å²) < 4.78 is 0. The molecule has 0 unspecified atom stereocenters. The van der Waals surface area contributed by atoms with Crippen molar-refractivity contribution in [3.63, 3.8) is 0 Å². The van der Waals surface area contributed by atoms with E-state index in [0.717, 1.165) is 6.04 Å². The third-order valence-corrected chi connectivity index (χ3v) is 4.04. The average molecular weight is 196 g/mol. The summed E-state index contributed by atoms with van der Waals surface area (Å²) in [5.74, 6) is 0. The largest absolute Gasteiger partial charge is 0.310 e. The van der Waals surface area contributed by atoms with Crippen LogP contribution in [0.15, 0.2) is 0 Å². The third-order valence-electron chi connectivity index (χ3n) is 4.04. The maximum Gasteiger partial charge on any atom is 0.0303 e. The molecule has 2 fully saturated rings. The van der Waals surface area contributed by atoms with Gasteiger partial charge in [-0.15, -0.1) is 0 Å². The highest BCUT2D eigenvalue weighted by Gasteiger charge is 2.36. The summed E-state index contributed by atoms with van der Waals surface area (Å²) in [6.45, 7) is 8.47. The molecule has 0 radical (unpaired) electrons. The Labute approximate surface area is 88.1 Å². The van der Waals surface area contributed by atoms with Crippen LogP contribution in [0.5, 0.6) is 0 Å². The van der Waals surface area contributed by atoms with E-state index in [9.17, 15) is 0 Å². The molecule has 2 nitrogen and oxygen atoms in total. The van der Waals surface area contributed by atoms with Crippen LogP contribution >= 0.6 is 0 Å². The Hall–Kier alpha value is -0.0800. The SMILES string of the molecule is CCC1(CC)CN(C2CC2)CCCN1. The number of nitrogens with zero attached hydrogens (tertiary/aromatic N) is 1. The van der Waals surface area contributed by atoms with Gasteiger partial charge in [-0.3, -0.25) is 4.90 Å². The summed E-state index contributed by atoms with van der Waals surface area (Å²) in [6.07, 6.45) is 6.77. The van der Waals surface area contributed by atoms with Gasteiger partial charge in [0.2, 0.25) is 0 Å². The minimum absolute atomic E-state index is 0.416. The van der Waals surface area contributed by atoms with Crippen LogP contribution in [-0.2, 0) is 0 Å². The lowest BCUT2D eigenvalue weighted by atomic mass is 9.92. The fraction of sp³-hybridized carbons (Fsp3) is 1.00. The summed E-state index contributed by atoms with van der Waals surface area (Å²) >= 11 is 0. The lowest BCUT2D eigenvalue weighted by Gasteiger charge is -2.35. The van der Waals surface area contributed by atoms with Crippen molar-refractivity contribution >= 4 is 0 Å². The second-order valence-electron chi connectivity index (χ2n) is 4.97. The Morgan fingerprint density at radius 1 is 1.29 bits per heavy atom. The Morgan fingerprint density at radius 3 is 2.57 bits per heavy atom. The first kappa shape index (κ1) is 10.4. The fourth-order valence-corrected chi connectivity index (χ4v) is 2.63. The van der Waals surface area contributed by atoms with Crippen molar-refractivity contribution in [1.29, 1.82) is 0 Å². The summed E-state index contributed by atoms with van der Waals surface area (Å²) in [6, 6.07) is 0.937. The molecule has 1 heterocycles. The Bertz CT molecular complexity index is 183. The van der Waals surface area contributed by atoms with Crippen LogP contribution in [-0.4, -0.2) is 36.1 Å². The molecule has 2 rings (SSSR count). The summed E-state index contributed by atoms with van der Waals surface area (Å²) in [4.78, 5) is 2.73. The zero-order valence-corrected chi connectivity index (χ0v) is 9.68. The molecule has 2 heteroatoms. The van der Waals surface area contributed by atoms with E-state index in [1.54, 1.807) is 0 Å². The predicted molar refractivity (Wildman–Crippen MR) is 60.5 cm³/mol. The highest BCUT2D eigenvalue weighted by molar-refractivity contribution is 4.95. The van der Waals surface area contributed by atoms with Crippen molar-refractivity contribution in [3.8, 4) is 0 Å². The molecule has 0 aromatic carbocycles. The Kier molecular flexibility index (Phi) is 3.13. The van der Waals surface area contributed by atoms with E-state index in [-0.39, 0.29) is 0 Å². The van der Waals surface area contributed by atoms with E-state index in [4.69, 9.17) is 0 Å². The minimum Gasteiger partial charge on any atom is -0.310 e. The molecule has 0 aromatic heterocycles. The molecule has 1 saturated carbocycles. The lowest BCUT2D eigenvalue weighted by molar-refractivity contribution is 0.190. The van der Waals surface area contributed by atoms with Gasteiger partial charge in [-0.25, -0.2) is 0 Å². The van der Waals surface area contributed by atoms with Gasteiger partial charge in [-0.05, 0) is 45.2 Å². The van der Waals surface area contributed by atoms with Gasteiger partial charge in [0, 0.05) is 18.1 Å². The van der Waals surface area contributed by atoms with Crippen LogP contribution < -0.4 is 5.32 Å². The Balaban J connectivity index is 2.01. The third kappa shape index (κ3) is 2.12.